The van der Waals surface area contributed by atoms with Crippen molar-refractivity contribution in [2.75, 3.05) is 13.6 Å². The summed E-state index contributed by atoms with van der Waals surface area (Å²) < 4.78 is 18.8. The minimum absolute atomic E-state index is 0. The molecular weight excluding hydrogens is 325 g/mol. The monoisotopic (exact) mass is 343 g/mol. The van der Waals surface area contributed by atoms with E-state index in [1.807, 2.05) is 6.92 Å². The van der Waals surface area contributed by atoms with Crippen LogP contribution in [0.2, 0.25) is 0 Å². The molecule has 1 N–H and O–H groups in total. The average Bonchev–Trinajstić information content (AvgIpc) is 2.96. The molecule has 1 unspecified atom stereocenters. The van der Waals surface area contributed by atoms with Crippen molar-refractivity contribution in [2.24, 2.45) is 0 Å². The Labute approximate surface area is 139 Å². The third kappa shape index (κ3) is 4.74. The third-order valence-corrected chi connectivity index (χ3v) is 3.57. The Morgan fingerprint density at radius 3 is 2.78 bits per heavy atom. The lowest BCUT2D eigenvalue weighted by Crippen LogP contribution is -2.25. The first-order valence-corrected chi connectivity index (χ1v) is 6.90. The number of hydrogen-bond donors (Lipinski definition) is 1. The average molecular weight is 344 g/mol. The minimum atomic E-state index is -0.861. The Morgan fingerprint density at radius 2 is 2.17 bits per heavy atom. The largest absolute Gasteiger partial charge is 0.481 e. The van der Waals surface area contributed by atoms with Gasteiger partial charge in [-0.05, 0) is 32.5 Å². The number of benzene rings is 1. The highest BCUT2D eigenvalue weighted by atomic mass is 35.5. The van der Waals surface area contributed by atoms with E-state index in [-0.39, 0.29) is 30.7 Å². The van der Waals surface area contributed by atoms with Crippen LogP contribution in [-0.4, -0.2) is 39.7 Å². The smallest absolute Gasteiger partial charge is 0.304 e. The van der Waals surface area contributed by atoms with Crippen LogP contribution in [0.4, 0.5) is 4.39 Å². The predicted molar refractivity (Wildman–Crippen MR) is 85.0 cm³/mol. The molecule has 0 aliphatic rings. The van der Waals surface area contributed by atoms with Gasteiger partial charge in [0, 0.05) is 12.1 Å². The summed E-state index contributed by atoms with van der Waals surface area (Å²) >= 11 is 0. The standard InChI is InChI=1S/C15H18FN3O3.ClH/c1-9-4-5-11(8-12(9)16)14-17-15(22-18-14)10(2)19(3)7-6-13(20)21;/h4-5,8,10H,6-7H2,1-3H3,(H,20,21);1H. The first-order chi connectivity index (χ1) is 10.4. The molecule has 1 aromatic carbocycles. The van der Waals surface area contributed by atoms with Crippen LogP contribution >= 0.6 is 12.4 Å². The molecule has 126 valence electrons. The number of nitrogens with zero attached hydrogens (tertiary/aromatic N) is 3. The normalized spacial score (nSPS) is 12.0. The fraction of sp³-hybridized carbons (Fsp3) is 0.400. The van der Waals surface area contributed by atoms with Crippen molar-refractivity contribution in [3.63, 3.8) is 0 Å². The number of halogens is 2. The van der Waals surface area contributed by atoms with Crippen LogP contribution in [0.15, 0.2) is 22.7 Å². The number of aliphatic carboxylic acids is 1. The maximum absolute atomic E-state index is 13.6. The Morgan fingerprint density at radius 1 is 1.48 bits per heavy atom. The summed E-state index contributed by atoms with van der Waals surface area (Å²) in [5.74, 6) is -0.507. The van der Waals surface area contributed by atoms with Gasteiger partial charge in [-0.15, -0.1) is 12.4 Å². The Bertz CT molecular complexity index is 678. The number of aryl methyl sites for hydroxylation is 1. The second-order valence-corrected chi connectivity index (χ2v) is 5.22. The van der Waals surface area contributed by atoms with E-state index in [2.05, 4.69) is 10.1 Å². The third-order valence-electron chi connectivity index (χ3n) is 3.57. The number of hydrogen-bond acceptors (Lipinski definition) is 5. The van der Waals surface area contributed by atoms with Gasteiger partial charge in [0.1, 0.15) is 5.82 Å². The topological polar surface area (TPSA) is 79.5 Å². The quantitative estimate of drug-likeness (QED) is 0.868. The molecule has 23 heavy (non-hydrogen) atoms. The molecule has 0 aliphatic carbocycles. The maximum atomic E-state index is 13.6. The summed E-state index contributed by atoms with van der Waals surface area (Å²) in [6.45, 7) is 3.89. The Balaban J connectivity index is 0.00000264. The molecule has 1 heterocycles. The molecule has 1 atom stereocenters. The lowest BCUT2D eigenvalue weighted by atomic mass is 10.1. The molecule has 0 fully saturated rings. The summed E-state index contributed by atoms with van der Waals surface area (Å²) in [6.07, 6.45) is 0.0327. The molecule has 1 aromatic heterocycles. The lowest BCUT2D eigenvalue weighted by molar-refractivity contribution is -0.137. The molecule has 0 spiro atoms. The van der Waals surface area contributed by atoms with Crippen molar-refractivity contribution >= 4 is 18.4 Å². The number of carboxylic acid groups (broad SMARTS) is 1. The van der Waals surface area contributed by atoms with Gasteiger partial charge >= 0.3 is 5.97 Å². The van der Waals surface area contributed by atoms with E-state index in [9.17, 15) is 9.18 Å². The summed E-state index contributed by atoms with van der Waals surface area (Å²) in [4.78, 5) is 16.7. The van der Waals surface area contributed by atoms with Crippen molar-refractivity contribution in [1.29, 1.82) is 0 Å². The summed E-state index contributed by atoms with van der Waals surface area (Å²) in [5, 5.41) is 12.6. The van der Waals surface area contributed by atoms with E-state index in [4.69, 9.17) is 9.63 Å². The Kier molecular flexibility index (Phi) is 6.65. The number of carboxylic acids is 1. The fourth-order valence-corrected chi connectivity index (χ4v) is 1.91. The van der Waals surface area contributed by atoms with Gasteiger partial charge in [0.15, 0.2) is 0 Å². The highest BCUT2D eigenvalue weighted by Crippen LogP contribution is 2.23. The van der Waals surface area contributed by atoms with E-state index >= 15 is 0 Å². The highest BCUT2D eigenvalue weighted by Gasteiger charge is 2.20. The van der Waals surface area contributed by atoms with E-state index in [0.29, 0.717) is 29.4 Å². The molecule has 0 saturated carbocycles. The lowest BCUT2D eigenvalue weighted by Gasteiger charge is -2.20. The van der Waals surface area contributed by atoms with Crippen molar-refractivity contribution in [3.8, 4) is 11.4 Å². The molecular formula is C15H19ClFN3O3. The first-order valence-electron chi connectivity index (χ1n) is 6.90. The van der Waals surface area contributed by atoms with E-state index in [1.54, 1.807) is 31.0 Å². The molecule has 2 rings (SSSR count). The summed E-state index contributed by atoms with van der Waals surface area (Å²) in [7, 11) is 1.78. The van der Waals surface area contributed by atoms with Gasteiger partial charge in [-0.25, -0.2) is 4.39 Å². The van der Waals surface area contributed by atoms with Gasteiger partial charge in [0.2, 0.25) is 11.7 Å². The molecule has 2 aromatic rings. The zero-order chi connectivity index (χ0) is 16.3. The molecule has 0 bridgehead atoms. The predicted octanol–water partition coefficient (Wildman–Crippen LogP) is 3.07. The van der Waals surface area contributed by atoms with Gasteiger partial charge in [-0.2, -0.15) is 4.98 Å². The van der Waals surface area contributed by atoms with E-state index in [1.165, 1.54) is 6.07 Å². The van der Waals surface area contributed by atoms with Crippen LogP contribution in [-0.2, 0) is 4.79 Å². The maximum Gasteiger partial charge on any atom is 0.304 e. The van der Waals surface area contributed by atoms with Gasteiger partial charge in [-0.3, -0.25) is 9.69 Å². The van der Waals surface area contributed by atoms with Gasteiger partial charge in [0.25, 0.3) is 0 Å². The van der Waals surface area contributed by atoms with Gasteiger partial charge in [0.05, 0.1) is 12.5 Å². The van der Waals surface area contributed by atoms with Crippen LogP contribution in [0.3, 0.4) is 0 Å². The van der Waals surface area contributed by atoms with E-state index in [0.717, 1.165) is 0 Å². The SMILES string of the molecule is Cc1ccc(-c2noc(C(C)N(C)CCC(=O)O)n2)cc1F.Cl. The van der Waals surface area contributed by atoms with Crippen LogP contribution in [0.5, 0.6) is 0 Å². The van der Waals surface area contributed by atoms with Crippen LogP contribution in [0, 0.1) is 12.7 Å². The first kappa shape index (κ1) is 19.1. The summed E-state index contributed by atoms with van der Waals surface area (Å²) in [5.41, 5.74) is 1.09. The number of carbonyl (C=O) groups is 1. The molecule has 8 heteroatoms. The molecule has 6 nitrogen and oxygen atoms in total. The molecule has 0 radical (unpaired) electrons. The fourth-order valence-electron chi connectivity index (χ4n) is 1.91. The van der Waals surface area contributed by atoms with Crippen LogP contribution in [0.1, 0.15) is 30.8 Å². The van der Waals surface area contributed by atoms with Crippen LogP contribution < -0.4 is 0 Å². The van der Waals surface area contributed by atoms with Crippen molar-refractivity contribution < 1.29 is 18.8 Å². The van der Waals surface area contributed by atoms with Crippen molar-refractivity contribution in [1.82, 2.24) is 15.0 Å². The molecule has 0 aliphatic heterocycles. The highest BCUT2D eigenvalue weighted by molar-refractivity contribution is 5.85. The Hall–Kier alpha value is -1.99. The summed E-state index contributed by atoms with van der Waals surface area (Å²) in [6, 6.07) is 4.52. The zero-order valence-electron chi connectivity index (χ0n) is 13.1. The number of aromatic nitrogens is 2. The minimum Gasteiger partial charge on any atom is -0.481 e. The molecule has 0 saturated heterocycles. The van der Waals surface area contributed by atoms with Gasteiger partial charge in [-0.1, -0.05) is 17.3 Å². The van der Waals surface area contributed by atoms with E-state index < -0.39 is 5.97 Å². The zero-order valence-corrected chi connectivity index (χ0v) is 13.9. The van der Waals surface area contributed by atoms with Crippen molar-refractivity contribution in [2.45, 2.75) is 26.3 Å². The number of rotatable bonds is 6. The van der Waals surface area contributed by atoms with Crippen LogP contribution in [0.25, 0.3) is 11.4 Å². The second-order valence-electron chi connectivity index (χ2n) is 5.22. The molecule has 0 amide bonds. The van der Waals surface area contributed by atoms with Gasteiger partial charge < -0.3 is 9.63 Å². The second kappa shape index (κ2) is 8.03. The van der Waals surface area contributed by atoms with Crippen molar-refractivity contribution in [3.05, 3.63) is 35.5 Å².